The lowest BCUT2D eigenvalue weighted by molar-refractivity contribution is 0.427. The molecular formula is C13H28ClN3. The fraction of sp³-hybridized carbons (Fsp3) is 0.923. The summed E-state index contributed by atoms with van der Waals surface area (Å²) >= 11 is 0. The maximum Gasteiger partial charge on any atom is 0.191 e. The number of aliphatic imine (C=N–C) groups is 1. The van der Waals surface area contributed by atoms with Gasteiger partial charge in [-0.3, -0.25) is 4.99 Å². The van der Waals surface area contributed by atoms with Gasteiger partial charge in [-0.1, -0.05) is 51.9 Å². The molecule has 0 spiro atoms. The molecule has 102 valence electrons. The molecule has 1 heterocycles. The van der Waals surface area contributed by atoms with Crippen molar-refractivity contribution in [3.05, 3.63) is 0 Å². The first kappa shape index (κ1) is 16.6. The Morgan fingerprint density at radius 1 is 1.06 bits per heavy atom. The van der Waals surface area contributed by atoms with E-state index in [9.17, 15) is 0 Å². The molecule has 0 saturated heterocycles. The van der Waals surface area contributed by atoms with Crippen molar-refractivity contribution in [3.8, 4) is 0 Å². The van der Waals surface area contributed by atoms with Gasteiger partial charge in [-0.25, -0.2) is 0 Å². The van der Waals surface area contributed by atoms with Crippen molar-refractivity contribution in [2.24, 2.45) is 10.7 Å². The molecule has 4 heteroatoms. The predicted octanol–water partition coefficient (Wildman–Crippen LogP) is 3.18. The maximum absolute atomic E-state index is 5.75. The maximum atomic E-state index is 5.75. The fourth-order valence-electron chi connectivity index (χ4n) is 2.16. The first-order valence-electron chi connectivity index (χ1n) is 6.89. The number of unbranched alkanes of at least 4 members (excludes halogenated alkanes) is 7. The van der Waals surface area contributed by atoms with E-state index >= 15 is 0 Å². The zero-order chi connectivity index (χ0) is 11.6. The number of hydrogen-bond acceptors (Lipinski definition) is 3. The summed E-state index contributed by atoms with van der Waals surface area (Å²) in [5, 5.41) is 0. The predicted molar refractivity (Wildman–Crippen MR) is 77.9 cm³/mol. The minimum atomic E-state index is 0. The van der Waals surface area contributed by atoms with Gasteiger partial charge in [0, 0.05) is 13.1 Å². The van der Waals surface area contributed by atoms with Crippen LogP contribution in [0.5, 0.6) is 0 Å². The second kappa shape index (κ2) is 10.7. The quantitative estimate of drug-likeness (QED) is 0.648. The lowest BCUT2D eigenvalue weighted by atomic mass is 10.1. The summed E-state index contributed by atoms with van der Waals surface area (Å²) in [7, 11) is 0. The molecule has 0 radical (unpaired) electrons. The molecule has 0 aliphatic carbocycles. The van der Waals surface area contributed by atoms with E-state index in [-0.39, 0.29) is 12.4 Å². The average Bonchev–Trinajstić information content (AvgIpc) is 2.68. The third-order valence-corrected chi connectivity index (χ3v) is 3.25. The van der Waals surface area contributed by atoms with Gasteiger partial charge in [-0.15, -0.1) is 12.4 Å². The van der Waals surface area contributed by atoms with E-state index in [4.69, 9.17) is 5.73 Å². The molecule has 0 amide bonds. The van der Waals surface area contributed by atoms with Crippen LogP contribution in [0.25, 0.3) is 0 Å². The summed E-state index contributed by atoms with van der Waals surface area (Å²) in [6.45, 7) is 5.29. The standard InChI is InChI=1S/C13H27N3.ClH/c1-2-3-4-5-6-7-8-9-11-16-12-10-15-13(16)14;/h2-12H2,1H3,(H2,14,15);1H. The van der Waals surface area contributed by atoms with Crippen molar-refractivity contribution >= 4 is 18.4 Å². The Morgan fingerprint density at radius 2 is 1.65 bits per heavy atom. The highest BCUT2D eigenvalue weighted by molar-refractivity contribution is 5.85. The number of rotatable bonds is 9. The van der Waals surface area contributed by atoms with Crippen LogP contribution in [0.3, 0.4) is 0 Å². The summed E-state index contributed by atoms with van der Waals surface area (Å²) in [6.07, 6.45) is 11.0. The molecule has 2 N–H and O–H groups in total. The van der Waals surface area contributed by atoms with Crippen molar-refractivity contribution in [1.29, 1.82) is 0 Å². The number of hydrogen-bond donors (Lipinski definition) is 1. The Bertz CT molecular complexity index is 207. The van der Waals surface area contributed by atoms with Crippen LogP contribution >= 0.6 is 12.4 Å². The summed E-state index contributed by atoms with van der Waals surface area (Å²) in [5.74, 6) is 0.753. The van der Waals surface area contributed by atoms with Crippen LogP contribution in [0.15, 0.2) is 4.99 Å². The van der Waals surface area contributed by atoms with E-state index in [1.807, 2.05) is 0 Å². The van der Waals surface area contributed by atoms with Crippen LogP contribution in [0, 0.1) is 0 Å². The van der Waals surface area contributed by atoms with Gasteiger partial charge in [0.05, 0.1) is 6.54 Å². The molecule has 1 rings (SSSR count). The summed E-state index contributed by atoms with van der Waals surface area (Å²) < 4.78 is 0. The molecule has 0 bridgehead atoms. The van der Waals surface area contributed by atoms with Crippen LogP contribution < -0.4 is 5.73 Å². The average molecular weight is 262 g/mol. The fourth-order valence-corrected chi connectivity index (χ4v) is 2.16. The third-order valence-electron chi connectivity index (χ3n) is 3.25. The van der Waals surface area contributed by atoms with Crippen LogP contribution in [0.1, 0.15) is 58.3 Å². The number of guanidine groups is 1. The van der Waals surface area contributed by atoms with E-state index in [2.05, 4.69) is 16.8 Å². The molecule has 0 atom stereocenters. The van der Waals surface area contributed by atoms with E-state index in [0.717, 1.165) is 25.6 Å². The van der Waals surface area contributed by atoms with Crippen LogP contribution in [0.2, 0.25) is 0 Å². The molecule has 0 fully saturated rings. The monoisotopic (exact) mass is 261 g/mol. The Hall–Kier alpha value is -0.440. The van der Waals surface area contributed by atoms with Crippen molar-refractivity contribution in [3.63, 3.8) is 0 Å². The number of nitrogens with zero attached hydrogens (tertiary/aromatic N) is 2. The highest BCUT2D eigenvalue weighted by Gasteiger charge is 2.11. The van der Waals surface area contributed by atoms with E-state index in [1.165, 1.54) is 51.4 Å². The molecular weight excluding hydrogens is 234 g/mol. The van der Waals surface area contributed by atoms with Crippen LogP contribution in [-0.4, -0.2) is 30.5 Å². The third kappa shape index (κ3) is 7.48. The lowest BCUT2D eigenvalue weighted by Gasteiger charge is -2.16. The topological polar surface area (TPSA) is 41.6 Å². The number of nitrogens with two attached hydrogens (primary N) is 1. The molecule has 17 heavy (non-hydrogen) atoms. The SMILES string of the molecule is CCCCCCCCCCN1CCN=C1N.Cl. The normalized spacial score (nSPS) is 14.6. The van der Waals surface area contributed by atoms with Gasteiger partial charge in [-0.05, 0) is 6.42 Å². The van der Waals surface area contributed by atoms with Gasteiger partial charge in [0.1, 0.15) is 0 Å². The Balaban J connectivity index is 0.00000256. The van der Waals surface area contributed by atoms with Crippen molar-refractivity contribution in [1.82, 2.24) is 4.90 Å². The Morgan fingerprint density at radius 3 is 2.18 bits per heavy atom. The second-order valence-corrected chi connectivity index (χ2v) is 4.70. The van der Waals surface area contributed by atoms with Gasteiger partial charge in [0.25, 0.3) is 0 Å². The van der Waals surface area contributed by atoms with Crippen molar-refractivity contribution in [2.75, 3.05) is 19.6 Å². The summed E-state index contributed by atoms with van der Waals surface area (Å²) in [5.41, 5.74) is 5.75. The molecule has 0 saturated carbocycles. The smallest absolute Gasteiger partial charge is 0.191 e. The van der Waals surface area contributed by atoms with Crippen LogP contribution in [0.4, 0.5) is 0 Å². The zero-order valence-corrected chi connectivity index (χ0v) is 12.0. The highest BCUT2D eigenvalue weighted by Crippen LogP contribution is 2.09. The highest BCUT2D eigenvalue weighted by atomic mass is 35.5. The van der Waals surface area contributed by atoms with Crippen molar-refractivity contribution < 1.29 is 0 Å². The Kier molecular flexibility index (Phi) is 10.4. The zero-order valence-electron chi connectivity index (χ0n) is 11.2. The molecule has 0 unspecified atom stereocenters. The van der Waals surface area contributed by atoms with Gasteiger partial charge in [0.2, 0.25) is 0 Å². The second-order valence-electron chi connectivity index (χ2n) is 4.70. The minimum absolute atomic E-state index is 0. The first-order valence-corrected chi connectivity index (χ1v) is 6.89. The van der Waals surface area contributed by atoms with Gasteiger partial charge in [0.15, 0.2) is 5.96 Å². The number of halogens is 1. The van der Waals surface area contributed by atoms with E-state index in [0.29, 0.717) is 0 Å². The van der Waals surface area contributed by atoms with Crippen LogP contribution in [-0.2, 0) is 0 Å². The Labute approximate surface area is 112 Å². The molecule has 0 aromatic carbocycles. The van der Waals surface area contributed by atoms with E-state index in [1.54, 1.807) is 0 Å². The molecule has 0 aromatic heterocycles. The van der Waals surface area contributed by atoms with E-state index < -0.39 is 0 Å². The molecule has 3 nitrogen and oxygen atoms in total. The van der Waals surface area contributed by atoms with Gasteiger partial charge in [-0.2, -0.15) is 0 Å². The minimum Gasteiger partial charge on any atom is -0.370 e. The van der Waals surface area contributed by atoms with Crippen molar-refractivity contribution in [2.45, 2.75) is 58.3 Å². The summed E-state index contributed by atoms with van der Waals surface area (Å²) in [4.78, 5) is 6.39. The molecule has 0 aromatic rings. The first-order chi connectivity index (χ1) is 7.84. The van der Waals surface area contributed by atoms with Gasteiger partial charge < -0.3 is 10.6 Å². The largest absolute Gasteiger partial charge is 0.370 e. The van der Waals surface area contributed by atoms with Gasteiger partial charge >= 0.3 is 0 Å². The molecule has 1 aliphatic rings. The summed E-state index contributed by atoms with van der Waals surface area (Å²) in [6, 6.07) is 0. The molecule has 1 aliphatic heterocycles. The lowest BCUT2D eigenvalue weighted by Crippen LogP contribution is -2.34.